The molecule has 0 aliphatic carbocycles. The highest BCUT2D eigenvalue weighted by molar-refractivity contribution is 6.07. The summed E-state index contributed by atoms with van der Waals surface area (Å²) >= 11 is 0. The number of amides is 2. The number of nitrogens with two attached hydrogens (primary N) is 1. The van der Waals surface area contributed by atoms with Crippen LogP contribution in [0, 0.1) is 0 Å². The Bertz CT molecular complexity index is 808. The molecule has 0 radical (unpaired) electrons. The van der Waals surface area contributed by atoms with Crippen LogP contribution in [0.1, 0.15) is 17.4 Å². The molecule has 1 aromatic carbocycles. The molecule has 2 amide bonds. The standard InChI is InChI=1S/C15H18F2N4O4/c1-15(7-22,14(18)24)19-13(23)12-9-5-8(25-6-11(16)17)3-4-10(9)20-21(12)2/h3-5,11,22H,6-7H2,1-2H3,(H2,18,24)(H,19,23). The predicted octanol–water partition coefficient (Wildman–Crippen LogP) is 0.183. The Morgan fingerprint density at radius 3 is 2.72 bits per heavy atom. The molecule has 1 unspecified atom stereocenters. The van der Waals surface area contributed by atoms with E-state index < -0.39 is 37.0 Å². The molecule has 10 heteroatoms. The number of alkyl halides is 2. The Kier molecular flexibility index (Phi) is 5.21. The first kappa shape index (κ1) is 18.6. The van der Waals surface area contributed by atoms with Crippen LogP contribution in [-0.4, -0.2) is 51.9 Å². The third-order valence-corrected chi connectivity index (χ3v) is 3.65. The molecule has 0 fully saturated rings. The third kappa shape index (κ3) is 3.85. The van der Waals surface area contributed by atoms with Crippen molar-refractivity contribution in [2.75, 3.05) is 13.2 Å². The third-order valence-electron chi connectivity index (χ3n) is 3.65. The number of carbonyl (C=O) groups excluding carboxylic acids is 2. The minimum atomic E-state index is -2.63. The summed E-state index contributed by atoms with van der Waals surface area (Å²) in [5.74, 6) is -1.46. The molecule has 2 rings (SSSR count). The number of hydrogen-bond donors (Lipinski definition) is 3. The molecule has 0 aliphatic rings. The smallest absolute Gasteiger partial charge is 0.272 e. The molecule has 25 heavy (non-hydrogen) atoms. The van der Waals surface area contributed by atoms with Gasteiger partial charge in [0.1, 0.15) is 23.6 Å². The van der Waals surface area contributed by atoms with Crippen molar-refractivity contribution in [3.05, 3.63) is 23.9 Å². The van der Waals surface area contributed by atoms with Gasteiger partial charge in [0, 0.05) is 12.4 Å². The highest BCUT2D eigenvalue weighted by atomic mass is 19.3. The van der Waals surface area contributed by atoms with Gasteiger partial charge in [-0.1, -0.05) is 0 Å². The maximum Gasteiger partial charge on any atom is 0.272 e. The quantitative estimate of drug-likeness (QED) is 0.654. The second kappa shape index (κ2) is 7.01. The maximum absolute atomic E-state index is 12.5. The minimum Gasteiger partial charge on any atom is -0.488 e. The number of nitrogens with zero attached hydrogens (tertiary/aromatic N) is 2. The molecule has 136 valence electrons. The van der Waals surface area contributed by atoms with E-state index in [2.05, 4.69) is 10.4 Å². The SMILES string of the molecule is Cn1nc2ccc(OCC(F)F)cc2c1C(=O)NC(C)(CO)C(N)=O. The van der Waals surface area contributed by atoms with E-state index in [1.165, 1.54) is 36.9 Å². The second-order valence-corrected chi connectivity index (χ2v) is 5.66. The van der Waals surface area contributed by atoms with Gasteiger partial charge in [0.25, 0.3) is 12.3 Å². The van der Waals surface area contributed by atoms with Gasteiger partial charge in [0.2, 0.25) is 5.91 Å². The van der Waals surface area contributed by atoms with E-state index in [1.807, 2.05) is 0 Å². The zero-order valence-corrected chi connectivity index (χ0v) is 13.6. The van der Waals surface area contributed by atoms with E-state index >= 15 is 0 Å². The van der Waals surface area contributed by atoms with Gasteiger partial charge in [-0.2, -0.15) is 5.10 Å². The van der Waals surface area contributed by atoms with Gasteiger partial charge < -0.3 is 20.9 Å². The summed E-state index contributed by atoms with van der Waals surface area (Å²) in [6, 6.07) is 4.38. The Balaban J connectivity index is 2.39. The van der Waals surface area contributed by atoms with E-state index in [0.717, 1.165) is 0 Å². The zero-order chi connectivity index (χ0) is 18.8. The minimum absolute atomic E-state index is 0.0680. The molecule has 1 atom stereocenters. The molecule has 0 spiro atoms. The summed E-state index contributed by atoms with van der Waals surface area (Å²) in [7, 11) is 1.51. The first-order chi connectivity index (χ1) is 11.7. The number of benzene rings is 1. The highest BCUT2D eigenvalue weighted by Gasteiger charge is 2.33. The van der Waals surface area contributed by atoms with Crippen LogP contribution in [0.4, 0.5) is 8.78 Å². The van der Waals surface area contributed by atoms with Crippen molar-refractivity contribution in [3.8, 4) is 5.75 Å². The molecule has 0 saturated heterocycles. The van der Waals surface area contributed by atoms with Crippen LogP contribution in [0.15, 0.2) is 18.2 Å². The number of ether oxygens (including phenoxy) is 1. The Labute approximate surface area is 141 Å². The molecule has 0 bridgehead atoms. The fourth-order valence-electron chi connectivity index (χ4n) is 2.19. The molecule has 8 nitrogen and oxygen atoms in total. The van der Waals surface area contributed by atoms with Crippen LogP contribution in [0.2, 0.25) is 0 Å². The van der Waals surface area contributed by atoms with Gasteiger partial charge >= 0.3 is 0 Å². The fraction of sp³-hybridized carbons (Fsp3) is 0.400. The van der Waals surface area contributed by atoms with Crippen LogP contribution in [0.3, 0.4) is 0 Å². The van der Waals surface area contributed by atoms with E-state index in [1.54, 1.807) is 0 Å². The van der Waals surface area contributed by atoms with Gasteiger partial charge in [-0.05, 0) is 25.1 Å². The molecular formula is C15H18F2N4O4. The average molecular weight is 356 g/mol. The van der Waals surface area contributed by atoms with Crippen LogP contribution in [0.25, 0.3) is 10.9 Å². The van der Waals surface area contributed by atoms with Crippen molar-refractivity contribution in [3.63, 3.8) is 0 Å². The lowest BCUT2D eigenvalue weighted by molar-refractivity contribution is -0.124. The molecular weight excluding hydrogens is 338 g/mol. The van der Waals surface area contributed by atoms with E-state index in [0.29, 0.717) is 10.9 Å². The van der Waals surface area contributed by atoms with Gasteiger partial charge in [-0.15, -0.1) is 0 Å². The molecule has 1 heterocycles. The first-order valence-corrected chi connectivity index (χ1v) is 7.29. The number of aromatic nitrogens is 2. The summed E-state index contributed by atoms with van der Waals surface area (Å²) in [5.41, 5.74) is 4.04. The van der Waals surface area contributed by atoms with E-state index in [4.69, 9.17) is 10.5 Å². The molecule has 0 aliphatic heterocycles. The van der Waals surface area contributed by atoms with Gasteiger partial charge in [-0.25, -0.2) is 8.78 Å². The van der Waals surface area contributed by atoms with Crippen molar-refractivity contribution in [2.45, 2.75) is 18.9 Å². The number of hydrogen-bond acceptors (Lipinski definition) is 5. The Morgan fingerprint density at radius 1 is 1.48 bits per heavy atom. The van der Waals surface area contributed by atoms with Gasteiger partial charge in [-0.3, -0.25) is 14.3 Å². The Morgan fingerprint density at radius 2 is 2.16 bits per heavy atom. The number of aliphatic hydroxyl groups excluding tert-OH is 1. The van der Waals surface area contributed by atoms with Crippen LogP contribution >= 0.6 is 0 Å². The lowest BCUT2D eigenvalue weighted by Crippen LogP contribution is -2.58. The van der Waals surface area contributed by atoms with Crippen molar-refractivity contribution in [1.82, 2.24) is 15.1 Å². The fourth-order valence-corrected chi connectivity index (χ4v) is 2.19. The monoisotopic (exact) mass is 356 g/mol. The number of rotatable bonds is 7. The lowest BCUT2D eigenvalue weighted by Gasteiger charge is -2.24. The van der Waals surface area contributed by atoms with Gasteiger partial charge in [0.05, 0.1) is 12.1 Å². The topological polar surface area (TPSA) is 119 Å². The largest absolute Gasteiger partial charge is 0.488 e. The number of primary amides is 1. The van der Waals surface area contributed by atoms with Gasteiger partial charge in [0.15, 0.2) is 0 Å². The van der Waals surface area contributed by atoms with Crippen molar-refractivity contribution in [1.29, 1.82) is 0 Å². The molecule has 2 aromatic rings. The first-order valence-electron chi connectivity index (χ1n) is 7.29. The van der Waals surface area contributed by atoms with Crippen LogP contribution in [0.5, 0.6) is 5.75 Å². The lowest BCUT2D eigenvalue weighted by atomic mass is 10.0. The van der Waals surface area contributed by atoms with Crippen molar-refractivity contribution < 1.29 is 28.2 Å². The predicted molar refractivity (Wildman–Crippen MR) is 84.4 cm³/mol. The summed E-state index contributed by atoms with van der Waals surface area (Å²) in [6.45, 7) is -0.187. The molecule has 4 N–H and O–H groups in total. The summed E-state index contributed by atoms with van der Waals surface area (Å²) in [4.78, 5) is 24.0. The normalized spacial score (nSPS) is 13.7. The second-order valence-electron chi connectivity index (χ2n) is 5.66. The summed E-state index contributed by atoms with van der Waals surface area (Å²) in [5, 5.41) is 16.2. The average Bonchev–Trinajstić information content (AvgIpc) is 2.87. The number of carbonyl (C=O) groups is 2. The zero-order valence-electron chi connectivity index (χ0n) is 13.6. The van der Waals surface area contributed by atoms with Crippen molar-refractivity contribution in [2.24, 2.45) is 12.8 Å². The molecule has 0 saturated carbocycles. The Hall–Kier alpha value is -2.75. The van der Waals surface area contributed by atoms with E-state index in [9.17, 15) is 23.5 Å². The maximum atomic E-state index is 12.5. The number of nitrogens with one attached hydrogen (secondary N) is 1. The summed E-state index contributed by atoms with van der Waals surface area (Å²) in [6.07, 6.45) is -2.63. The van der Waals surface area contributed by atoms with Crippen LogP contribution < -0.4 is 15.8 Å². The number of fused-ring (bicyclic) bond motifs is 1. The summed E-state index contributed by atoms with van der Waals surface area (Å²) < 4.78 is 30.8. The van der Waals surface area contributed by atoms with E-state index in [-0.39, 0.29) is 11.4 Å². The number of halogens is 2. The van der Waals surface area contributed by atoms with Crippen LogP contribution in [-0.2, 0) is 11.8 Å². The highest BCUT2D eigenvalue weighted by Crippen LogP contribution is 2.24. The number of aliphatic hydroxyl groups is 1. The van der Waals surface area contributed by atoms with Crippen molar-refractivity contribution >= 4 is 22.7 Å². The number of aryl methyl sites for hydroxylation is 1. The molecule has 1 aromatic heterocycles.